The van der Waals surface area contributed by atoms with Crippen LogP contribution in [0.2, 0.25) is 0 Å². The summed E-state index contributed by atoms with van der Waals surface area (Å²) in [6.07, 6.45) is -4.41. The molecule has 0 aliphatic heterocycles. The second-order valence-electron chi connectivity index (χ2n) is 3.87. The molecule has 2 N–H and O–H groups in total. The summed E-state index contributed by atoms with van der Waals surface area (Å²) in [7, 11) is 0. The first-order chi connectivity index (χ1) is 8.29. The molecule has 18 heavy (non-hydrogen) atoms. The van der Waals surface area contributed by atoms with Crippen LogP contribution < -0.4 is 5.73 Å². The molecule has 0 unspecified atom stereocenters. The maximum absolute atomic E-state index is 13.0. The summed E-state index contributed by atoms with van der Waals surface area (Å²) >= 11 is 4.59. The SMILES string of the molecule is Cc1cc(-c2ccc(N)cc2C(F)(F)F)sc1Br. The van der Waals surface area contributed by atoms with Crippen LogP contribution in [0.5, 0.6) is 0 Å². The second-order valence-corrected chi connectivity index (χ2v) is 6.24. The van der Waals surface area contributed by atoms with Crippen molar-refractivity contribution >= 4 is 33.0 Å². The van der Waals surface area contributed by atoms with Crippen LogP contribution in [-0.4, -0.2) is 0 Å². The largest absolute Gasteiger partial charge is 0.417 e. The topological polar surface area (TPSA) is 26.0 Å². The molecule has 1 heterocycles. The van der Waals surface area contributed by atoms with Gasteiger partial charge in [-0.15, -0.1) is 11.3 Å². The summed E-state index contributed by atoms with van der Waals surface area (Å²) in [6, 6.07) is 5.59. The molecule has 0 bridgehead atoms. The fraction of sp³-hybridized carbons (Fsp3) is 0.167. The molecule has 0 aliphatic rings. The third kappa shape index (κ3) is 2.54. The van der Waals surface area contributed by atoms with E-state index in [2.05, 4.69) is 15.9 Å². The number of anilines is 1. The average Bonchev–Trinajstić information content (AvgIpc) is 2.57. The molecule has 0 aliphatic carbocycles. The monoisotopic (exact) mass is 335 g/mol. The number of nitrogens with two attached hydrogens (primary N) is 1. The fourth-order valence-corrected chi connectivity index (χ4v) is 3.18. The standard InChI is InChI=1S/C12H9BrF3NS/c1-6-4-10(18-11(6)13)8-3-2-7(17)5-9(8)12(14,15)16/h2-5H,17H2,1H3. The van der Waals surface area contributed by atoms with E-state index in [4.69, 9.17) is 5.73 Å². The molecule has 0 fully saturated rings. The molecular formula is C12H9BrF3NS. The minimum Gasteiger partial charge on any atom is -0.399 e. The summed E-state index contributed by atoms with van der Waals surface area (Å²) in [6.45, 7) is 1.84. The lowest BCUT2D eigenvalue weighted by molar-refractivity contribution is -0.137. The Morgan fingerprint density at radius 3 is 2.39 bits per heavy atom. The molecule has 0 atom stereocenters. The van der Waals surface area contributed by atoms with Gasteiger partial charge in [-0.25, -0.2) is 0 Å². The lowest BCUT2D eigenvalue weighted by atomic mass is 10.0. The van der Waals surface area contributed by atoms with Crippen molar-refractivity contribution < 1.29 is 13.2 Å². The van der Waals surface area contributed by atoms with Gasteiger partial charge in [0.05, 0.1) is 9.35 Å². The molecule has 0 radical (unpaired) electrons. The van der Waals surface area contributed by atoms with E-state index in [1.54, 1.807) is 6.07 Å². The number of hydrogen-bond acceptors (Lipinski definition) is 2. The lowest BCUT2D eigenvalue weighted by Gasteiger charge is -2.12. The zero-order chi connectivity index (χ0) is 13.5. The van der Waals surface area contributed by atoms with Crippen molar-refractivity contribution in [3.8, 4) is 10.4 Å². The lowest BCUT2D eigenvalue weighted by Crippen LogP contribution is -2.07. The summed E-state index contributed by atoms with van der Waals surface area (Å²) in [5.41, 5.74) is 5.92. The molecular weight excluding hydrogens is 327 g/mol. The van der Waals surface area contributed by atoms with Crippen molar-refractivity contribution in [2.45, 2.75) is 13.1 Å². The minimum atomic E-state index is -4.41. The van der Waals surface area contributed by atoms with Crippen molar-refractivity contribution in [2.24, 2.45) is 0 Å². The third-order valence-electron chi connectivity index (χ3n) is 2.47. The molecule has 1 aromatic heterocycles. The predicted octanol–water partition coefficient (Wildman–Crippen LogP) is 5.09. The number of rotatable bonds is 1. The Labute approximate surface area is 115 Å². The van der Waals surface area contributed by atoms with Crippen LogP contribution in [0, 0.1) is 6.92 Å². The van der Waals surface area contributed by atoms with Crippen LogP contribution in [0.1, 0.15) is 11.1 Å². The van der Waals surface area contributed by atoms with Crippen LogP contribution in [0.4, 0.5) is 18.9 Å². The van der Waals surface area contributed by atoms with Gasteiger partial charge in [0.15, 0.2) is 0 Å². The van der Waals surface area contributed by atoms with Gasteiger partial charge >= 0.3 is 6.18 Å². The summed E-state index contributed by atoms with van der Waals surface area (Å²) in [4.78, 5) is 0.576. The molecule has 1 nitrogen and oxygen atoms in total. The zero-order valence-corrected chi connectivity index (χ0v) is 11.7. The van der Waals surface area contributed by atoms with Crippen LogP contribution in [0.15, 0.2) is 28.1 Å². The van der Waals surface area contributed by atoms with Gasteiger partial charge in [-0.3, -0.25) is 0 Å². The van der Waals surface area contributed by atoms with Gasteiger partial charge in [0.25, 0.3) is 0 Å². The number of alkyl halides is 3. The molecule has 0 amide bonds. The Morgan fingerprint density at radius 1 is 1.22 bits per heavy atom. The molecule has 0 saturated carbocycles. The summed E-state index contributed by atoms with van der Waals surface area (Å²) in [5, 5.41) is 0. The van der Waals surface area contributed by atoms with Crippen molar-refractivity contribution in [3.05, 3.63) is 39.2 Å². The Kier molecular flexibility index (Phi) is 3.42. The fourth-order valence-electron chi connectivity index (χ4n) is 1.60. The number of halogens is 4. The van der Waals surface area contributed by atoms with Gasteiger partial charge in [-0.05, 0) is 46.6 Å². The van der Waals surface area contributed by atoms with Gasteiger partial charge in [0.2, 0.25) is 0 Å². The van der Waals surface area contributed by atoms with E-state index >= 15 is 0 Å². The van der Waals surface area contributed by atoms with Gasteiger partial charge in [-0.2, -0.15) is 13.2 Å². The van der Waals surface area contributed by atoms with E-state index in [-0.39, 0.29) is 11.3 Å². The smallest absolute Gasteiger partial charge is 0.399 e. The first-order valence-electron chi connectivity index (χ1n) is 5.02. The van der Waals surface area contributed by atoms with E-state index in [1.807, 2.05) is 6.92 Å². The molecule has 2 aromatic rings. The maximum Gasteiger partial charge on any atom is 0.417 e. The highest BCUT2D eigenvalue weighted by Crippen LogP contribution is 2.42. The molecule has 96 valence electrons. The highest BCUT2D eigenvalue weighted by molar-refractivity contribution is 9.11. The molecule has 2 rings (SSSR count). The van der Waals surface area contributed by atoms with E-state index in [0.717, 1.165) is 15.4 Å². The van der Waals surface area contributed by atoms with Crippen LogP contribution in [0.3, 0.4) is 0 Å². The normalized spacial score (nSPS) is 11.8. The van der Waals surface area contributed by atoms with Crippen LogP contribution >= 0.6 is 27.3 Å². The van der Waals surface area contributed by atoms with Crippen molar-refractivity contribution in [3.63, 3.8) is 0 Å². The second kappa shape index (κ2) is 4.59. The predicted molar refractivity (Wildman–Crippen MR) is 71.6 cm³/mol. The Balaban J connectivity index is 2.64. The van der Waals surface area contributed by atoms with Gasteiger partial charge in [0, 0.05) is 16.1 Å². The highest BCUT2D eigenvalue weighted by Gasteiger charge is 2.34. The van der Waals surface area contributed by atoms with Crippen molar-refractivity contribution in [1.29, 1.82) is 0 Å². The van der Waals surface area contributed by atoms with Gasteiger partial charge < -0.3 is 5.73 Å². The minimum absolute atomic E-state index is 0.110. The molecule has 6 heteroatoms. The third-order valence-corrected chi connectivity index (χ3v) is 4.64. The summed E-state index contributed by atoms with van der Waals surface area (Å²) < 4.78 is 39.7. The Morgan fingerprint density at radius 2 is 1.89 bits per heavy atom. The Bertz CT molecular complexity index is 570. The molecule has 1 aromatic carbocycles. The quantitative estimate of drug-likeness (QED) is 0.722. The Hall–Kier alpha value is -1.01. The number of hydrogen-bond donors (Lipinski definition) is 1. The first kappa shape index (κ1) is 13.4. The number of aryl methyl sites for hydroxylation is 1. The summed E-state index contributed by atoms with van der Waals surface area (Å²) in [5.74, 6) is 0. The van der Waals surface area contributed by atoms with Crippen molar-refractivity contribution in [2.75, 3.05) is 5.73 Å². The van der Waals surface area contributed by atoms with Gasteiger partial charge in [-0.1, -0.05) is 6.07 Å². The van der Waals surface area contributed by atoms with E-state index in [0.29, 0.717) is 4.88 Å². The zero-order valence-electron chi connectivity index (χ0n) is 9.31. The number of benzene rings is 1. The van der Waals surface area contributed by atoms with E-state index in [1.165, 1.54) is 23.5 Å². The average molecular weight is 336 g/mol. The van der Waals surface area contributed by atoms with E-state index < -0.39 is 11.7 Å². The van der Waals surface area contributed by atoms with Gasteiger partial charge in [0.1, 0.15) is 0 Å². The molecule has 0 spiro atoms. The van der Waals surface area contributed by atoms with E-state index in [9.17, 15) is 13.2 Å². The maximum atomic E-state index is 13.0. The molecule has 0 saturated heterocycles. The van der Waals surface area contributed by atoms with Crippen molar-refractivity contribution in [1.82, 2.24) is 0 Å². The highest BCUT2D eigenvalue weighted by atomic mass is 79.9. The number of nitrogen functional groups attached to an aromatic ring is 1. The number of thiophene rings is 1. The van der Waals surface area contributed by atoms with Crippen LogP contribution in [0.25, 0.3) is 10.4 Å². The van der Waals surface area contributed by atoms with Crippen LogP contribution in [-0.2, 0) is 6.18 Å². The first-order valence-corrected chi connectivity index (χ1v) is 6.63.